The fraction of sp³-hybridized carbons (Fsp3) is 0.750. The van der Waals surface area contributed by atoms with E-state index in [-0.39, 0.29) is 0 Å². The van der Waals surface area contributed by atoms with Gasteiger partial charge in [-0.25, -0.2) is 0 Å². The molecule has 0 saturated heterocycles. The average molecular weight is 235 g/mol. The maximum Gasteiger partial charge on any atom is 0.0276 e. The van der Waals surface area contributed by atoms with E-state index in [1.54, 1.807) is 5.69 Å². The maximum absolute atomic E-state index is 2.43. The summed E-state index contributed by atoms with van der Waals surface area (Å²) >= 11 is 0. The highest BCUT2D eigenvalue weighted by Gasteiger charge is 2.07. The summed E-state index contributed by atoms with van der Waals surface area (Å²) in [6.07, 6.45) is 11.8. The molecule has 0 aliphatic rings. The summed E-state index contributed by atoms with van der Waals surface area (Å²) in [5.74, 6) is 0. The lowest BCUT2D eigenvalue weighted by molar-refractivity contribution is 0.552. The van der Waals surface area contributed by atoms with Gasteiger partial charge < -0.3 is 4.57 Å². The molecule has 98 valence electrons. The first-order valence-electron chi connectivity index (χ1n) is 7.33. The second-order valence-electron chi connectivity index (χ2n) is 5.46. The van der Waals surface area contributed by atoms with Crippen LogP contribution in [0.2, 0.25) is 0 Å². The number of rotatable bonds is 8. The van der Waals surface area contributed by atoms with E-state index in [1.807, 2.05) is 0 Å². The van der Waals surface area contributed by atoms with Gasteiger partial charge in [0.1, 0.15) is 0 Å². The van der Waals surface area contributed by atoms with E-state index in [2.05, 4.69) is 44.5 Å². The Kier molecular flexibility index (Phi) is 6.39. The van der Waals surface area contributed by atoms with Gasteiger partial charge in [0.05, 0.1) is 0 Å². The van der Waals surface area contributed by atoms with Crippen molar-refractivity contribution in [3.05, 3.63) is 23.5 Å². The van der Waals surface area contributed by atoms with E-state index in [0.717, 1.165) is 0 Å². The highest BCUT2D eigenvalue weighted by molar-refractivity contribution is 5.21. The zero-order valence-electron chi connectivity index (χ0n) is 12.1. The number of nitrogens with zero attached hydrogens (tertiary/aromatic N) is 1. The molecule has 0 unspecified atom stereocenters. The van der Waals surface area contributed by atoms with Crippen LogP contribution in [0.15, 0.2) is 12.3 Å². The number of unbranched alkanes of at least 4 members (excludes halogenated alkanes) is 5. The molecule has 0 atom stereocenters. The van der Waals surface area contributed by atoms with Crippen molar-refractivity contribution in [2.75, 3.05) is 0 Å². The predicted octanol–water partition coefficient (Wildman–Crippen LogP) is 5.28. The van der Waals surface area contributed by atoms with Crippen molar-refractivity contribution in [1.82, 2.24) is 4.57 Å². The van der Waals surface area contributed by atoms with E-state index in [4.69, 9.17) is 0 Å². The zero-order chi connectivity index (χ0) is 12.7. The largest absolute Gasteiger partial charge is 0.349 e. The van der Waals surface area contributed by atoms with Crippen LogP contribution in [-0.4, -0.2) is 4.57 Å². The van der Waals surface area contributed by atoms with Gasteiger partial charge in [-0.1, -0.05) is 39.0 Å². The van der Waals surface area contributed by atoms with Crippen LogP contribution in [0.3, 0.4) is 0 Å². The molecule has 0 aliphatic heterocycles. The molecule has 0 spiro atoms. The third-order valence-electron chi connectivity index (χ3n) is 3.58. The number of aromatic nitrogens is 1. The lowest BCUT2D eigenvalue weighted by Crippen LogP contribution is -2.05. The summed E-state index contributed by atoms with van der Waals surface area (Å²) < 4.78 is 2.43. The van der Waals surface area contributed by atoms with Gasteiger partial charge in [-0.15, -0.1) is 0 Å². The van der Waals surface area contributed by atoms with Crippen molar-refractivity contribution < 1.29 is 0 Å². The van der Waals surface area contributed by atoms with Crippen LogP contribution in [-0.2, 0) is 6.42 Å². The quantitative estimate of drug-likeness (QED) is 0.540. The van der Waals surface area contributed by atoms with Crippen molar-refractivity contribution in [2.45, 2.75) is 78.7 Å². The summed E-state index contributed by atoms with van der Waals surface area (Å²) in [4.78, 5) is 0. The molecule has 1 rings (SSSR count). The number of hydrogen-bond donors (Lipinski definition) is 0. The summed E-state index contributed by atoms with van der Waals surface area (Å²) in [7, 11) is 0. The van der Waals surface area contributed by atoms with Crippen LogP contribution < -0.4 is 0 Å². The van der Waals surface area contributed by atoms with Crippen molar-refractivity contribution in [3.8, 4) is 0 Å². The molecule has 1 aromatic rings. The summed E-state index contributed by atoms with van der Waals surface area (Å²) in [5.41, 5.74) is 3.02. The number of hydrogen-bond acceptors (Lipinski definition) is 0. The molecule has 0 saturated carbocycles. The Balaban J connectivity index is 2.33. The fourth-order valence-electron chi connectivity index (χ4n) is 2.46. The molecule has 1 heterocycles. The van der Waals surface area contributed by atoms with Crippen LogP contribution in [0.25, 0.3) is 0 Å². The minimum atomic E-state index is 0.596. The molecule has 0 amide bonds. The molecule has 1 nitrogen and oxygen atoms in total. The average Bonchev–Trinajstić information content (AvgIpc) is 2.65. The maximum atomic E-state index is 2.43. The van der Waals surface area contributed by atoms with Crippen LogP contribution >= 0.6 is 0 Å². The first kappa shape index (κ1) is 14.3. The Morgan fingerprint density at radius 2 is 1.71 bits per heavy atom. The van der Waals surface area contributed by atoms with Crippen LogP contribution in [0, 0.1) is 6.92 Å². The van der Waals surface area contributed by atoms with E-state index in [9.17, 15) is 0 Å². The topological polar surface area (TPSA) is 4.93 Å². The Morgan fingerprint density at radius 3 is 2.35 bits per heavy atom. The molecule has 1 aromatic heterocycles. The van der Waals surface area contributed by atoms with Crippen molar-refractivity contribution in [3.63, 3.8) is 0 Å². The molecule has 0 radical (unpaired) electrons. The van der Waals surface area contributed by atoms with Gasteiger partial charge >= 0.3 is 0 Å². The smallest absolute Gasteiger partial charge is 0.0276 e. The van der Waals surface area contributed by atoms with E-state index in [0.29, 0.717) is 6.04 Å². The van der Waals surface area contributed by atoms with Gasteiger partial charge in [0.15, 0.2) is 0 Å². The molecule has 0 N–H and O–H groups in total. The van der Waals surface area contributed by atoms with Crippen molar-refractivity contribution in [2.24, 2.45) is 0 Å². The third-order valence-corrected chi connectivity index (χ3v) is 3.58. The normalized spacial score (nSPS) is 11.4. The standard InChI is InChI=1S/C16H29N/c1-5-6-7-8-9-10-11-16-15(4)12-13-17(16)14(2)3/h12-14H,5-11H2,1-4H3. The first-order chi connectivity index (χ1) is 8.16. The fourth-order valence-corrected chi connectivity index (χ4v) is 2.46. The Bertz CT molecular complexity index is 309. The van der Waals surface area contributed by atoms with Gasteiger partial charge in [-0.05, 0) is 45.2 Å². The van der Waals surface area contributed by atoms with Gasteiger partial charge in [-0.2, -0.15) is 0 Å². The minimum Gasteiger partial charge on any atom is -0.349 e. The monoisotopic (exact) mass is 235 g/mol. The number of aryl methyl sites for hydroxylation is 1. The summed E-state index contributed by atoms with van der Waals surface area (Å²) in [6.45, 7) is 9.05. The van der Waals surface area contributed by atoms with Gasteiger partial charge in [-0.3, -0.25) is 0 Å². The molecule has 0 aromatic carbocycles. The van der Waals surface area contributed by atoms with E-state index in [1.165, 1.54) is 50.5 Å². The molecule has 1 heteroatoms. The van der Waals surface area contributed by atoms with Crippen LogP contribution in [0.4, 0.5) is 0 Å². The third kappa shape index (κ3) is 4.57. The lowest BCUT2D eigenvalue weighted by atomic mass is 10.1. The first-order valence-corrected chi connectivity index (χ1v) is 7.33. The lowest BCUT2D eigenvalue weighted by Gasteiger charge is -2.14. The Labute approximate surface area is 107 Å². The minimum absolute atomic E-state index is 0.596. The van der Waals surface area contributed by atoms with Crippen LogP contribution in [0.1, 0.15) is 76.6 Å². The Hall–Kier alpha value is -0.720. The van der Waals surface area contributed by atoms with Gasteiger partial charge in [0.25, 0.3) is 0 Å². The second-order valence-corrected chi connectivity index (χ2v) is 5.46. The molecule has 0 bridgehead atoms. The van der Waals surface area contributed by atoms with E-state index >= 15 is 0 Å². The molecule has 0 aliphatic carbocycles. The van der Waals surface area contributed by atoms with Crippen molar-refractivity contribution >= 4 is 0 Å². The van der Waals surface area contributed by atoms with Crippen LogP contribution in [0.5, 0.6) is 0 Å². The Morgan fingerprint density at radius 1 is 1.06 bits per heavy atom. The second kappa shape index (κ2) is 7.58. The summed E-state index contributed by atoms with van der Waals surface area (Å²) in [5, 5.41) is 0. The summed E-state index contributed by atoms with van der Waals surface area (Å²) in [6, 6.07) is 2.85. The SMILES string of the molecule is CCCCCCCCc1c(C)ccn1C(C)C. The molecular formula is C16H29N. The highest BCUT2D eigenvalue weighted by atomic mass is 15.0. The van der Waals surface area contributed by atoms with Gasteiger partial charge in [0, 0.05) is 17.9 Å². The zero-order valence-corrected chi connectivity index (χ0v) is 12.1. The van der Waals surface area contributed by atoms with E-state index < -0.39 is 0 Å². The van der Waals surface area contributed by atoms with Crippen molar-refractivity contribution in [1.29, 1.82) is 0 Å². The highest BCUT2D eigenvalue weighted by Crippen LogP contribution is 2.18. The predicted molar refractivity (Wildman–Crippen MR) is 76.6 cm³/mol. The molecule has 17 heavy (non-hydrogen) atoms. The molecular weight excluding hydrogens is 206 g/mol. The van der Waals surface area contributed by atoms with Gasteiger partial charge in [0.2, 0.25) is 0 Å². The molecule has 0 fully saturated rings.